The second-order valence-electron chi connectivity index (χ2n) is 6.53. The zero-order chi connectivity index (χ0) is 18.8. The Kier molecular flexibility index (Phi) is 4.81. The van der Waals surface area contributed by atoms with Crippen LogP contribution in [0, 0.1) is 13.8 Å². The number of nitrogens with one attached hydrogen (secondary N) is 1. The molecular weight excluding hydrogens is 360 g/mol. The molecule has 1 aliphatic rings. The summed E-state index contributed by atoms with van der Waals surface area (Å²) in [6, 6.07) is 14.0. The van der Waals surface area contributed by atoms with Gasteiger partial charge in [-0.2, -0.15) is 0 Å². The molecule has 6 heteroatoms. The number of benzene rings is 2. The predicted molar refractivity (Wildman–Crippen MR) is 107 cm³/mol. The number of hydrogen-bond donors (Lipinski definition) is 1. The van der Waals surface area contributed by atoms with Crippen LogP contribution in [0.1, 0.15) is 22.4 Å². The maximum atomic E-state index is 12.3. The molecule has 4 rings (SSSR count). The Morgan fingerprint density at radius 3 is 2.70 bits per heavy atom. The third kappa shape index (κ3) is 3.95. The molecule has 0 atom stereocenters. The van der Waals surface area contributed by atoms with Crippen molar-refractivity contribution in [3.05, 3.63) is 58.5 Å². The van der Waals surface area contributed by atoms with Gasteiger partial charge in [0.05, 0.1) is 5.69 Å². The third-order valence-corrected chi connectivity index (χ3v) is 5.33. The van der Waals surface area contributed by atoms with Crippen LogP contribution < -0.4 is 14.8 Å². The van der Waals surface area contributed by atoms with Gasteiger partial charge in [0.1, 0.15) is 0 Å². The largest absolute Gasteiger partial charge is 0.454 e. The van der Waals surface area contributed by atoms with E-state index in [2.05, 4.69) is 41.5 Å². The number of carbonyl (C=O) groups excluding carboxylic acids is 1. The van der Waals surface area contributed by atoms with Crippen LogP contribution in [0.25, 0.3) is 11.3 Å². The molecule has 1 amide bonds. The molecule has 5 nitrogen and oxygen atoms in total. The van der Waals surface area contributed by atoms with Crippen LogP contribution in [0.2, 0.25) is 0 Å². The molecule has 1 N–H and O–H groups in total. The first-order valence-electron chi connectivity index (χ1n) is 8.81. The molecule has 2 heterocycles. The topological polar surface area (TPSA) is 60.5 Å². The minimum absolute atomic E-state index is 0.0446. The first kappa shape index (κ1) is 17.5. The quantitative estimate of drug-likeness (QED) is 0.695. The molecule has 0 spiro atoms. The van der Waals surface area contributed by atoms with Crippen molar-refractivity contribution in [3.63, 3.8) is 0 Å². The van der Waals surface area contributed by atoms with Crippen molar-refractivity contribution in [3.8, 4) is 22.8 Å². The smallest absolute Gasteiger partial charge is 0.231 e. The molecule has 1 aliphatic heterocycles. The molecule has 0 saturated heterocycles. The first-order valence-corrected chi connectivity index (χ1v) is 9.63. The lowest BCUT2D eigenvalue weighted by atomic mass is 10.1. The van der Waals surface area contributed by atoms with Crippen LogP contribution in [0.5, 0.6) is 11.5 Å². The van der Waals surface area contributed by atoms with Crippen molar-refractivity contribution in [2.75, 3.05) is 12.1 Å². The molecule has 1 aromatic heterocycles. The highest BCUT2D eigenvalue weighted by Gasteiger charge is 2.15. The number of hydrogen-bond acceptors (Lipinski definition) is 5. The highest BCUT2D eigenvalue weighted by Crippen LogP contribution is 2.33. The Morgan fingerprint density at radius 2 is 1.89 bits per heavy atom. The highest BCUT2D eigenvalue weighted by molar-refractivity contribution is 7.16. The number of nitrogens with zero attached hydrogens (tertiary/aromatic N) is 1. The molecular formula is C21H20N2O3S. The minimum Gasteiger partial charge on any atom is -0.454 e. The highest BCUT2D eigenvalue weighted by atomic mass is 32.1. The molecule has 0 bridgehead atoms. The summed E-state index contributed by atoms with van der Waals surface area (Å²) in [5, 5.41) is 3.56. The molecule has 0 fully saturated rings. The number of aryl methyl sites for hydroxylation is 3. The number of rotatable bonds is 5. The first-order chi connectivity index (χ1) is 13.1. The fourth-order valence-corrected chi connectivity index (χ4v) is 3.82. The Labute approximate surface area is 162 Å². The summed E-state index contributed by atoms with van der Waals surface area (Å²) in [6.45, 7) is 4.34. The molecule has 0 unspecified atom stereocenters. The van der Waals surface area contributed by atoms with E-state index in [1.807, 2.05) is 25.1 Å². The standard InChI is InChI=1S/C21H20N2O3S/c1-13-3-7-16(8-4-13)20-14(2)27-21(23-20)22-19(24)10-6-15-5-9-17-18(11-15)26-12-25-17/h3-5,7-9,11H,6,10,12H2,1-2H3,(H,22,23,24). The molecule has 0 saturated carbocycles. The van der Waals surface area contributed by atoms with E-state index in [0.29, 0.717) is 18.0 Å². The third-order valence-electron chi connectivity index (χ3n) is 4.45. The van der Waals surface area contributed by atoms with E-state index in [1.54, 1.807) is 0 Å². The van der Waals surface area contributed by atoms with Gasteiger partial charge in [0, 0.05) is 16.9 Å². The van der Waals surface area contributed by atoms with Gasteiger partial charge in [0.25, 0.3) is 0 Å². The van der Waals surface area contributed by atoms with Gasteiger partial charge < -0.3 is 14.8 Å². The van der Waals surface area contributed by atoms with Crippen molar-refractivity contribution in [1.82, 2.24) is 4.98 Å². The van der Waals surface area contributed by atoms with E-state index >= 15 is 0 Å². The predicted octanol–water partition coefficient (Wildman–Crippen LogP) is 4.73. The Morgan fingerprint density at radius 1 is 1.11 bits per heavy atom. The minimum atomic E-state index is -0.0446. The summed E-state index contributed by atoms with van der Waals surface area (Å²) < 4.78 is 10.7. The molecule has 0 radical (unpaired) electrons. The summed E-state index contributed by atoms with van der Waals surface area (Å²) >= 11 is 1.50. The van der Waals surface area contributed by atoms with Crippen molar-refractivity contribution in [2.24, 2.45) is 0 Å². The van der Waals surface area contributed by atoms with Crippen LogP contribution >= 0.6 is 11.3 Å². The number of anilines is 1. The summed E-state index contributed by atoms with van der Waals surface area (Å²) in [5.41, 5.74) is 4.25. The number of fused-ring (bicyclic) bond motifs is 1. The van der Waals surface area contributed by atoms with Crippen LogP contribution in [0.15, 0.2) is 42.5 Å². The molecule has 2 aromatic carbocycles. The number of ether oxygens (including phenoxy) is 2. The zero-order valence-corrected chi connectivity index (χ0v) is 16.1. The number of aromatic nitrogens is 1. The van der Waals surface area contributed by atoms with Crippen molar-refractivity contribution < 1.29 is 14.3 Å². The lowest BCUT2D eigenvalue weighted by molar-refractivity contribution is -0.116. The van der Waals surface area contributed by atoms with E-state index in [0.717, 1.165) is 33.2 Å². The average molecular weight is 380 g/mol. The van der Waals surface area contributed by atoms with Crippen LogP contribution in [-0.2, 0) is 11.2 Å². The second kappa shape index (κ2) is 7.40. The van der Waals surface area contributed by atoms with Crippen molar-refractivity contribution in [1.29, 1.82) is 0 Å². The zero-order valence-electron chi connectivity index (χ0n) is 15.2. The van der Waals surface area contributed by atoms with Gasteiger partial charge in [-0.15, -0.1) is 11.3 Å². The Balaban J connectivity index is 1.38. The lowest BCUT2D eigenvalue weighted by Crippen LogP contribution is -2.12. The maximum absolute atomic E-state index is 12.3. The molecule has 3 aromatic rings. The van der Waals surface area contributed by atoms with E-state index < -0.39 is 0 Å². The number of carbonyl (C=O) groups is 1. The van der Waals surface area contributed by atoms with E-state index in [1.165, 1.54) is 16.9 Å². The van der Waals surface area contributed by atoms with Gasteiger partial charge in [-0.1, -0.05) is 35.9 Å². The van der Waals surface area contributed by atoms with Gasteiger partial charge in [-0.25, -0.2) is 4.98 Å². The van der Waals surface area contributed by atoms with E-state index in [-0.39, 0.29) is 12.7 Å². The second-order valence-corrected chi connectivity index (χ2v) is 7.73. The van der Waals surface area contributed by atoms with Gasteiger partial charge >= 0.3 is 0 Å². The maximum Gasteiger partial charge on any atom is 0.231 e. The number of amides is 1. The Hall–Kier alpha value is -2.86. The van der Waals surface area contributed by atoms with E-state index in [4.69, 9.17) is 9.47 Å². The van der Waals surface area contributed by atoms with Gasteiger partial charge in [0.15, 0.2) is 16.6 Å². The monoisotopic (exact) mass is 380 g/mol. The van der Waals surface area contributed by atoms with Gasteiger partial charge in [0.2, 0.25) is 12.7 Å². The SMILES string of the molecule is Cc1ccc(-c2nc(NC(=O)CCc3ccc4c(c3)OCO4)sc2C)cc1. The molecule has 0 aliphatic carbocycles. The number of thiazole rings is 1. The van der Waals surface area contributed by atoms with Crippen LogP contribution in [0.3, 0.4) is 0 Å². The van der Waals surface area contributed by atoms with Crippen molar-refractivity contribution in [2.45, 2.75) is 26.7 Å². The molecule has 138 valence electrons. The fourth-order valence-electron chi connectivity index (χ4n) is 2.97. The van der Waals surface area contributed by atoms with Crippen molar-refractivity contribution >= 4 is 22.4 Å². The van der Waals surface area contributed by atoms with Gasteiger partial charge in [-0.05, 0) is 38.0 Å². The molecule has 27 heavy (non-hydrogen) atoms. The summed E-state index contributed by atoms with van der Waals surface area (Å²) in [6.07, 6.45) is 1.02. The van der Waals surface area contributed by atoms with Gasteiger partial charge in [-0.3, -0.25) is 4.79 Å². The Bertz CT molecular complexity index is 980. The van der Waals surface area contributed by atoms with Crippen LogP contribution in [0.4, 0.5) is 5.13 Å². The lowest BCUT2D eigenvalue weighted by Gasteiger charge is -2.04. The average Bonchev–Trinajstić information content (AvgIpc) is 3.26. The van der Waals surface area contributed by atoms with E-state index in [9.17, 15) is 4.79 Å². The van der Waals surface area contributed by atoms with Crippen LogP contribution in [-0.4, -0.2) is 17.7 Å². The summed E-state index contributed by atoms with van der Waals surface area (Å²) in [7, 11) is 0. The summed E-state index contributed by atoms with van der Waals surface area (Å²) in [5.74, 6) is 1.45. The fraction of sp³-hybridized carbons (Fsp3) is 0.238. The summed E-state index contributed by atoms with van der Waals surface area (Å²) in [4.78, 5) is 18.0. The normalized spacial score (nSPS) is 12.2.